The van der Waals surface area contributed by atoms with Crippen LogP contribution in [0.4, 0.5) is 0 Å². The Hall–Kier alpha value is -3.67. The number of rotatable bonds is 65. The zero-order valence-corrected chi connectivity index (χ0v) is 54.9. The normalized spacial score (nSPS) is 12.7. The van der Waals surface area contributed by atoms with Gasteiger partial charge in [0.25, 0.3) is 0 Å². The van der Waals surface area contributed by atoms with Gasteiger partial charge >= 0.3 is 17.9 Å². The molecule has 0 saturated carbocycles. The van der Waals surface area contributed by atoms with Crippen molar-refractivity contribution in [1.82, 2.24) is 0 Å². The van der Waals surface area contributed by atoms with Crippen molar-refractivity contribution in [3.05, 3.63) is 97.2 Å². The third kappa shape index (κ3) is 69.0. The molecule has 6 heteroatoms. The van der Waals surface area contributed by atoms with E-state index in [1.54, 1.807) is 0 Å². The van der Waals surface area contributed by atoms with Crippen LogP contribution in [0.3, 0.4) is 0 Å². The highest BCUT2D eigenvalue weighted by atomic mass is 16.6. The number of carbonyl (C=O) groups excluding carboxylic acids is 3. The molecule has 0 aromatic rings. The maximum absolute atomic E-state index is 12.9. The van der Waals surface area contributed by atoms with E-state index in [2.05, 4.69) is 118 Å². The molecule has 0 aromatic carbocycles. The summed E-state index contributed by atoms with van der Waals surface area (Å²) in [5, 5.41) is 0. The lowest BCUT2D eigenvalue weighted by Gasteiger charge is -2.18. The summed E-state index contributed by atoms with van der Waals surface area (Å²) in [6.45, 7) is 6.51. The van der Waals surface area contributed by atoms with Gasteiger partial charge in [0.05, 0.1) is 0 Å². The standard InChI is InChI=1S/C77H134O6/c1-4-7-10-13-16-19-22-25-27-29-31-33-35-37-38-39-41-42-44-46-48-50-52-55-58-61-64-67-70-76(79)82-73-74(72-81-75(78)69-66-63-60-57-54-24-21-18-15-12-9-6-3)83-77(80)71-68-65-62-59-56-53-51-49-47-45-43-40-36-34-32-30-28-26-23-20-17-14-11-8-5-2/h8,11,17-18,20-21,26,28,32,34,40,43,47,49,53,56,74H,4-7,9-10,12-16,19,22-25,27,29-31,33,35-39,41-42,44-46,48,50-52,54-55,57-73H2,1-3H3/b11-8-,20-17-,21-18-,28-26-,34-32-,43-40-,49-47-,56-53-. The molecule has 0 heterocycles. The summed E-state index contributed by atoms with van der Waals surface area (Å²) in [5.74, 6) is -0.919. The van der Waals surface area contributed by atoms with Gasteiger partial charge in [0.2, 0.25) is 0 Å². The van der Waals surface area contributed by atoms with Crippen molar-refractivity contribution in [3.8, 4) is 0 Å². The van der Waals surface area contributed by atoms with Gasteiger partial charge in [-0.3, -0.25) is 14.4 Å². The molecule has 0 bridgehead atoms. The maximum Gasteiger partial charge on any atom is 0.306 e. The smallest absolute Gasteiger partial charge is 0.306 e. The third-order valence-corrected chi connectivity index (χ3v) is 15.6. The number of hydrogen-bond donors (Lipinski definition) is 0. The van der Waals surface area contributed by atoms with E-state index < -0.39 is 6.10 Å². The van der Waals surface area contributed by atoms with Crippen molar-refractivity contribution >= 4 is 17.9 Å². The molecular formula is C77H134O6. The maximum atomic E-state index is 12.9. The minimum atomic E-state index is -0.800. The molecule has 6 nitrogen and oxygen atoms in total. The van der Waals surface area contributed by atoms with Gasteiger partial charge in [-0.05, 0) is 103 Å². The molecule has 478 valence electrons. The lowest BCUT2D eigenvalue weighted by Crippen LogP contribution is -2.30. The lowest BCUT2D eigenvalue weighted by molar-refractivity contribution is -0.167. The number of carbonyl (C=O) groups is 3. The molecule has 0 N–H and O–H groups in total. The van der Waals surface area contributed by atoms with Crippen molar-refractivity contribution in [3.63, 3.8) is 0 Å². The minimum Gasteiger partial charge on any atom is -0.462 e. The first-order valence-electron chi connectivity index (χ1n) is 35.7. The molecule has 1 unspecified atom stereocenters. The summed E-state index contributed by atoms with van der Waals surface area (Å²) in [5.41, 5.74) is 0. The topological polar surface area (TPSA) is 78.9 Å². The Balaban J connectivity index is 4.29. The fraction of sp³-hybridized carbons (Fsp3) is 0.753. The molecule has 0 saturated heterocycles. The van der Waals surface area contributed by atoms with Crippen LogP contribution in [-0.4, -0.2) is 37.2 Å². The minimum absolute atomic E-state index is 0.0913. The van der Waals surface area contributed by atoms with Gasteiger partial charge in [0.15, 0.2) is 6.10 Å². The predicted octanol–water partition coefficient (Wildman–Crippen LogP) is 24.8. The van der Waals surface area contributed by atoms with Crippen LogP contribution < -0.4 is 0 Å². The van der Waals surface area contributed by atoms with Gasteiger partial charge in [0.1, 0.15) is 13.2 Å². The Labute approximate surface area is 515 Å². The molecule has 0 radical (unpaired) electrons. The second-order valence-electron chi connectivity index (χ2n) is 23.8. The molecule has 0 spiro atoms. The lowest BCUT2D eigenvalue weighted by atomic mass is 10.0. The average Bonchev–Trinajstić information content (AvgIpc) is 3.49. The predicted molar refractivity (Wildman–Crippen MR) is 362 cm³/mol. The van der Waals surface area contributed by atoms with E-state index in [-0.39, 0.29) is 37.5 Å². The van der Waals surface area contributed by atoms with Crippen molar-refractivity contribution in [1.29, 1.82) is 0 Å². The van der Waals surface area contributed by atoms with Crippen LogP contribution in [-0.2, 0) is 28.6 Å². The quantitative estimate of drug-likeness (QED) is 0.0261. The second kappa shape index (κ2) is 70.8. The Kier molecular flexibility index (Phi) is 67.7. The Morgan fingerprint density at radius 1 is 0.253 bits per heavy atom. The zero-order valence-electron chi connectivity index (χ0n) is 54.9. The monoisotopic (exact) mass is 1160 g/mol. The Morgan fingerprint density at radius 3 is 0.783 bits per heavy atom. The highest BCUT2D eigenvalue weighted by molar-refractivity contribution is 5.71. The van der Waals surface area contributed by atoms with Crippen LogP contribution in [0.5, 0.6) is 0 Å². The van der Waals surface area contributed by atoms with E-state index in [9.17, 15) is 14.4 Å². The van der Waals surface area contributed by atoms with Gasteiger partial charge < -0.3 is 14.2 Å². The number of hydrogen-bond acceptors (Lipinski definition) is 6. The largest absolute Gasteiger partial charge is 0.462 e. The van der Waals surface area contributed by atoms with Crippen LogP contribution in [0.2, 0.25) is 0 Å². The SMILES string of the molecule is CC/C=C\C/C=C\C/C=C\C/C=C\C/C=C\C/C=C\C/C=C\CCCCCC(=O)OC(COC(=O)CCCCCCC/C=C\CCCCC)COC(=O)CCCCCCCCCCCCCCCCCCCCCCCCCCCCCC. The first-order valence-corrected chi connectivity index (χ1v) is 35.7. The summed E-state index contributed by atoms with van der Waals surface area (Å²) < 4.78 is 16.9. The number of unbranched alkanes of at least 4 members (excludes halogenated alkanes) is 38. The van der Waals surface area contributed by atoms with Gasteiger partial charge in [0, 0.05) is 19.3 Å². The summed E-state index contributed by atoms with van der Waals surface area (Å²) in [4.78, 5) is 38.4. The summed E-state index contributed by atoms with van der Waals surface area (Å²) in [6, 6.07) is 0. The first-order chi connectivity index (χ1) is 41.0. The average molecular weight is 1160 g/mol. The molecule has 0 aliphatic rings. The van der Waals surface area contributed by atoms with Crippen LogP contribution in [0.1, 0.15) is 355 Å². The van der Waals surface area contributed by atoms with Gasteiger partial charge in [-0.15, -0.1) is 0 Å². The third-order valence-electron chi connectivity index (χ3n) is 15.6. The molecule has 1 atom stereocenters. The molecule has 0 aliphatic heterocycles. The van der Waals surface area contributed by atoms with Gasteiger partial charge in [-0.25, -0.2) is 0 Å². The van der Waals surface area contributed by atoms with Gasteiger partial charge in [-0.2, -0.15) is 0 Å². The molecule has 83 heavy (non-hydrogen) atoms. The van der Waals surface area contributed by atoms with Crippen molar-refractivity contribution < 1.29 is 28.6 Å². The Bertz CT molecular complexity index is 1610. The fourth-order valence-corrected chi connectivity index (χ4v) is 10.2. The van der Waals surface area contributed by atoms with E-state index in [0.717, 1.165) is 116 Å². The van der Waals surface area contributed by atoms with Crippen molar-refractivity contribution in [2.75, 3.05) is 13.2 Å². The van der Waals surface area contributed by atoms with E-state index in [1.165, 1.54) is 199 Å². The number of allylic oxidation sites excluding steroid dienone is 16. The number of esters is 3. The summed E-state index contributed by atoms with van der Waals surface area (Å²) in [7, 11) is 0. The highest BCUT2D eigenvalue weighted by Gasteiger charge is 2.19. The fourth-order valence-electron chi connectivity index (χ4n) is 10.2. The van der Waals surface area contributed by atoms with Gasteiger partial charge in [-0.1, -0.05) is 330 Å². The second-order valence-corrected chi connectivity index (χ2v) is 23.8. The van der Waals surface area contributed by atoms with Crippen LogP contribution >= 0.6 is 0 Å². The molecular weight excluding hydrogens is 1020 g/mol. The molecule has 0 rings (SSSR count). The summed E-state index contributed by atoms with van der Waals surface area (Å²) >= 11 is 0. The van der Waals surface area contributed by atoms with Crippen LogP contribution in [0, 0.1) is 0 Å². The number of ether oxygens (including phenoxy) is 3. The summed E-state index contributed by atoms with van der Waals surface area (Å²) in [6.07, 6.45) is 95.9. The first kappa shape index (κ1) is 79.3. The van der Waals surface area contributed by atoms with Crippen molar-refractivity contribution in [2.45, 2.75) is 361 Å². The van der Waals surface area contributed by atoms with Crippen LogP contribution in [0.15, 0.2) is 97.2 Å². The molecule has 0 aromatic heterocycles. The van der Waals surface area contributed by atoms with E-state index >= 15 is 0 Å². The van der Waals surface area contributed by atoms with Crippen molar-refractivity contribution in [2.24, 2.45) is 0 Å². The van der Waals surface area contributed by atoms with E-state index in [1.807, 2.05) is 0 Å². The zero-order chi connectivity index (χ0) is 59.9. The molecule has 0 aliphatic carbocycles. The van der Waals surface area contributed by atoms with E-state index in [4.69, 9.17) is 14.2 Å². The molecule has 0 amide bonds. The van der Waals surface area contributed by atoms with Crippen LogP contribution in [0.25, 0.3) is 0 Å². The van der Waals surface area contributed by atoms with E-state index in [0.29, 0.717) is 12.8 Å². The Morgan fingerprint density at radius 2 is 0.470 bits per heavy atom. The highest BCUT2D eigenvalue weighted by Crippen LogP contribution is 2.18. The molecule has 0 fully saturated rings.